The minimum absolute atomic E-state index is 0.428. The van der Waals surface area contributed by atoms with Crippen LogP contribution in [0.1, 0.15) is 22.7 Å². The van der Waals surface area contributed by atoms with Crippen molar-refractivity contribution >= 4 is 0 Å². The van der Waals surface area contributed by atoms with E-state index in [-0.39, 0.29) is 0 Å². The fraction of sp³-hybridized carbons (Fsp3) is 0.176. The summed E-state index contributed by atoms with van der Waals surface area (Å²) in [5.74, 6) is 0.515. The molecule has 4 heteroatoms. The van der Waals surface area contributed by atoms with Gasteiger partial charge in [0, 0.05) is 6.54 Å². The summed E-state index contributed by atoms with van der Waals surface area (Å²) in [6.07, 6.45) is 0. The molecule has 104 valence electrons. The van der Waals surface area contributed by atoms with Crippen molar-refractivity contribution in [2.75, 3.05) is 7.11 Å². The molecule has 1 atom stereocenters. The van der Waals surface area contributed by atoms with Crippen molar-refractivity contribution in [3.63, 3.8) is 0 Å². The number of methoxy groups -OCH3 is 1. The first kappa shape index (κ1) is 14.6. The lowest BCUT2D eigenvalue weighted by molar-refractivity contribution is 0.413. The van der Waals surface area contributed by atoms with Gasteiger partial charge in [0.2, 0.25) is 0 Å². The molecule has 0 amide bonds. The number of ether oxygens (including phenoxy) is 1. The summed E-state index contributed by atoms with van der Waals surface area (Å²) in [7, 11) is 1.52. The van der Waals surface area contributed by atoms with Crippen molar-refractivity contribution < 1.29 is 4.74 Å². The zero-order valence-corrected chi connectivity index (χ0v) is 11.7. The molecule has 0 bridgehead atoms. The highest BCUT2D eigenvalue weighted by Gasteiger charge is 2.12. The molecule has 0 saturated heterocycles. The Morgan fingerprint density at radius 2 is 1.90 bits per heavy atom. The predicted molar refractivity (Wildman–Crippen MR) is 79.3 cm³/mol. The summed E-state index contributed by atoms with van der Waals surface area (Å²) in [5.41, 5.74) is 2.29. The van der Waals surface area contributed by atoms with Crippen LogP contribution < -0.4 is 10.1 Å². The topological polar surface area (TPSA) is 68.8 Å². The summed E-state index contributed by atoms with van der Waals surface area (Å²) < 4.78 is 5.11. The van der Waals surface area contributed by atoms with Gasteiger partial charge in [-0.15, -0.1) is 0 Å². The van der Waals surface area contributed by atoms with E-state index in [0.717, 1.165) is 11.1 Å². The van der Waals surface area contributed by atoms with Crippen molar-refractivity contribution in [2.24, 2.45) is 0 Å². The zero-order chi connectivity index (χ0) is 15.1. The van der Waals surface area contributed by atoms with E-state index in [0.29, 0.717) is 17.9 Å². The molecule has 0 fully saturated rings. The SMILES string of the molecule is COc1ccc(C(C#N)NCc2ccccc2)cc1C#N. The third-order valence-electron chi connectivity index (χ3n) is 3.16. The minimum Gasteiger partial charge on any atom is -0.495 e. The van der Waals surface area contributed by atoms with Crippen molar-refractivity contribution in [2.45, 2.75) is 12.6 Å². The van der Waals surface area contributed by atoms with E-state index in [4.69, 9.17) is 10.00 Å². The van der Waals surface area contributed by atoms with E-state index in [2.05, 4.69) is 17.5 Å². The maximum Gasteiger partial charge on any atom is 0.136 e. The average Bonchev–Trinajstić information content (AvgIpc) is 2.56. The molecule has 0 aliphatic rings. The minimum atomic E-state index is -0.469. The molecule has 0 saturated carbocycles. The monoisotopic (exact) mass is 277 g/mol. The van der Waals surface area contributed by atoms with Crippen LogP contribution in [0.2, 0.25) is 0 Å². The number of nitriles is 2. The molecule has 21 heavy (non-hydrogen) atoms. The molecule has 2 aromatic rings. The van der Waals surface area contributed by atoms with E-state index in [9.17, 15) is 5.26 Å². The Morgan fingerprint density at radius 1 is 1.14 bits per heavy atom. The van der Waals surface area contributed by atoms with Gasteiger partial charge in [-0.1, -0.05) is 36.4 Å². The smallest absolute Gasteiger partial charge is 0.136 e. The second kappa shape index (κ2) is 7.09. The van der Waals surface area contributed by atoms with Gasteiger partial charge in [-0.25, -0.2) is 0 Å². The van der Waals surface area contributed by atoms with E-state index in [1.54, 1.807) is 18.2 Å². The molecular weight excluding hydrogens is 262 g/mol. The molecule has 1 unspecified atom stereocenters. The van der Waals surface area contributed by atoms with Gasteiger partial charge >= 0.3 is 0 Å². The number of nitrogens with one attached hydrogen (secondary N) is 1. The van der Waals surface area contributed by atoms with Crippen LogP contribution in [0, 0.1) is 22.7 Å². The summed E-state index contributed by atoms with van der Waals surface area (Å²) in [6.45, 7) is 0.590. The van der Waals surface area contributed by atoms with Crippen LogP contribution >= 0.6 is 0 Å². The first-order chi connectivity index (χ1) is 10.3. The van der Waals surface area contributed by atoms with Crippen LogP contribution in [0.15, 0.2) is 48.5 Å². The highest BCUT2D eigenvalue weighted by Crippen LogP contribution is 2.22. The maximum absolute atomic E-state index is 9.32. The number of rotatable bonds is 5. The van der Waals surface area contributed by atoms with Gasteiger partial charge in [0.15, 0.2) is 0 Å². The van der Waals surface area contributed by atoms with Crippen molar-refractivity contribution in [3.8, 4) is 17.9 Å². The molecule has 4 nitrogen and oxygen atoms in total. The zero-order valence-electron chi connectivity index (χ0n) is 11.7. The van der Waals surface area contributed by atoms with Crippen molar-refractivity contribution in [1.29, 1.82) is 10.5 Å². The second-order valence-electron chi connectivity index (χ2n) is 4.50. The number of benzene rings is 2. The first-order valence-electron chi connectivity index (χ1n) is 6.53. The summed E-state index contributed by atoms with van der Waals surface area (Å²) in [6, 6.07) is 18.9. The molecule has 0 aliphatic heterocycles. The Morgan fingerprint density at radius 3 is 2.52 bits per heavy atom. The Bertz CT molecular complexity index is 683. The summed E-state index contributed by atoms with van der Waals surface area (Å²) in [5, 5.41) is 21.6. The fourth-order valence-electron chi connectivity index (χ4n) is 2.05. The lowest BCUT2D eigenvalue weighted by Gasteiger charge is -2.13. The number of nitrogens with zero attached hydrogens (tertiary/aromatic N) is 2. The molecule has 0 spiro atoms. The molecule has 0 aliphatic carbocycles. The van der Waals surface area contributed by atoms with E-state index >= 15 is 0 Å². The lowest BCUT2D eigenvalue weighted by Crippen LogP contribution is -2.19. The molecule has 0 aromatic heterocycles. The highest BCUT2D eigenvalue weighted by molar-refractivity contribution is 5.46. The summed E-state index contributed by atoms with van der Waals surface area (Å²) in [4.78, 5) is 0. The number of hydrogen-bond donors (Lipinski definition) is 1. The van der Waals surface area contributed by atoms with Crippen LogP contribution in [-0.2, 0) is 6.54 Å². The van der Waals surface area contributed by atoms with Crippen molar-refractivity contribution in [3.05, 3.63) is 65.2 Å². The Labute approximate surface area is 124 Å². The normalized spacial score (nSPS) is 11.2. The van der Waals surface area contributed by atoms with Gasteiger partial charge in [0.1, 0.15) is 17.9 Å². The van der Waals surface area contributed by atoms with Gasteiger partial charge in [0.05, 0.1) is 18.7 Å². The lowest BCUT2D eigenvalue weighted by atomic mass is 10.0. The fourth-order valence-corrected chi connectivity index (χ4v) is 2.05. The van der Waals surface area contributed by atoms with Crippen LogP contribution in [0.25, 0.3) is 0 Å². The third kappa shape index (κ3) is 3.60. The van der Waals surface area contributed by atoms with Crippen LogP contribution in [0.4, 0.5) is 0 Å². The van der Waals surface area contributed by atoms with Gasteiger partial charge in [0.25, 0.3) is 0 Å². The van der Waals surface area contributed by atoms with Gasteiger partial charge in [-0.2, -0.15) is 10.5 Å². The van der Waals surface area contributed by atoms with E-state index in [1.807, 2.05) is 30.3 Å². The second-order valence-corrected chi connectivity index (χ2v) is 4.50. The van der Waals surface area contributed by atoms with E-state index < -0.39 is 6.04 Å². The molecule has 2 rings (SSSR count). The van der Waals surface area contributed by atoms with Crippen LogP contribution in [-0.4, -0.2) is 7.11 Å². The molecule has 2 aromatic carbocycles. The van der Waals surface area contributed by atoms with Crippen LogP contribution in [0.5, 0.6) is 5.75 Å². The van der Waals surface area contributed by atoms with Crippen molar-refractivity contribution in [1.82, 2.24) is 5.32 Å². The quantitative estimate of drug-likeness (QED) is 0.912. The molecular formula is C17H15N3O. The predicted octanol–water partition coefficient (Wildman–Crippen LogP) is 2.92. The van der Waals surface area contributed by atoms with Crippen LogP contribution in [0.3, 0.4) is 0 Å². The third-order valence-corrected chi connectivity index (χ3v) is 3.16. The first-order valence-corrected chi connectivity index (χ1v) is 6.53. The summed E-state index contributed by atoms with van der Waals surface area (Å²) >= 11 is 0. The maximum atomic E-state index is 9.32. The molecule has 0 heterocycles. The highest BCUT2D eigenvalue weighted by atomic mass is 16.5. The van der Waals surface area contributed by atoms with Gasteiger partial charge in [-0.05, 0) is 23.3 Å². The largest absolute Gasteiger partial charge is 0.495 e. The van der Waals surface area contributed by atoms with Gasteiger partial charge < -0.3 is 4.74 Å². The molecule has 1 N–H and O–H groups in total. The molecule has 0 radical (unpaired) electrons. The van der Waals surface area contributed by atoms with Gasteiger partial charge in [-0.3, -0.25) is 5.32 Å². The standard InChI is InChI=1S/C17H15N3O/c1-21-17-8-7-14(9-15(17)10-18)16(11-19)20-12-13-5-3-2-4-6-13/h2-9,16,20H,12H2,1H3. The average molecular weight is 277 g/mol. The Kier molecular flexibility index (Phi) is 4.93. The Balaban J connectivity index is 2.15. The van der Waals surface area contributed by atoms with E-state index in [1.165, 1.54) is 7.11 Å². The Hall–Kier alpha value is -2.82. The number of hydrogen-bond acceptors (Lipinski definition) is 4.